The summed E-state index contributed by atoms with van der Waals surface area (Å²) in [5.74, 6) is 0.813. The van der Waals surface area contributed by atoms with Crippen molar-refractivity contribution in [2.24, 2.45) is 5.92 Å². The van der Waals surface area contributed by atoms with E-state index >= 15 is 0 Å². The zero-order valence-electron chi connectivity index (χ0n) is 14.9. The van der Waals surface area contributed by atoms with Crippen LogP contribution in [0.3, 0.4) is 0 Å². The molecule has 138 valence electrons. The lowest BCUT2D eigenvalue weighted by Crippen LogP contribution is -2.24. The Morgan fingerprint density at radius 2 is 1.88 bits per heavy atom. The number of benzene rings is 1. The van der Waals surface area contributed by atoms with Gasteiger partial charge in [0.25, 0.3) is 5.91 Å². The minimum Gasteiger partial charge on any atom is -0.393 e. The van der Waals surface area contributed by atoms with Crippen LogP contribution in [0.2, 0.25) is 0 Å². The van der Waals surface area contributed by atoms with Crippen molar-refractivity contribution in [1.82, 2.24) is 10.2 Å². The topological polar surface area (TPSA) is 87.1 Å². The highest BCUT2D eigenvalue weighted by atomic mass is 16.3. The van der Waals surface area contributed by atoms with Crippen LogP contribution in [0.4, 0.5) is 11.5 Å². The number of hydrogen-bond acceptors (Lipinski definition) is 5. The third kappa shape index (κ3) is 5.26. The van der Waals surface area contributed by atoms with Crippen LogP contribution >= 0.6 is 0 Å². The summed E-state index contributed by atoms with van der Waals surface area (Å²) in [7, 11) is 0. The molecule has 26 heavy (non-hydrogen) atoms. The first-order valence-corrected chi connectivity index (χ1v) is 9.34. The molecule has 2 atom stereocenters. The number of carbonyl (C=O) groups excluding carboxylic acids is 1. The molecule has 1 fully saturated rings. The van der Waals surface area contributed by atoms with E-state index in [1.54, 1.807) is 12.1 Å². The second-order valence-corrected chi connectivity index (χ2v) is 6.80. The summed E-state index contributed by atoms with van der Waals surface area (Å²) in [5.41, 5.74) is 1.01. The highest BCUT2D eigenvalue weighted by Crippen LogP contribution is 2.27. The normalized spacial score (nSPS) is 19.7. The molecule has 1 aromatic carbocycles. The molecule has 1 aliphatic carbocycles. The number of carbonyl (C=O) groups is 1. The zero-order chi connectivity index (χ0) is 18.2. The van der Waals surface area contributed by atoms with E-state index in [1.165, 1.54) is 6.42 Å². The van der Waals surface area contributed by atoms with Gasteiger partial charge in [0.2, 0.25) is 0 Å². The molecule has 3 N–H and O–H groups in total. The van der Waals surface area contributed by atoms with Gasteiger partial charge in [-0.1, -0.05) is 31.0 Å². The van der Waals surface area contributed by atoms with E-state index in [9.17, 15) is 9.90 Å². The predicted octanol–water partition coefficient (Wildman–Crippen LogP) is 3.47. The highest BCUT2D eigenvalue weighted by molar-refractivity contribution is 6.02. The second kappa shape index (κ2) is 9.29. The van der Waals surface area contributed by atoms with E-state index in [1.807, 2.05) is 30.3 Å². The lowest BCUT2D eigenvalue weighted by molar-refractivity contribution is 0.0648. The van der Waals surface area contributed by atoms with Gasteiger partial charge in [0.1, 0.15) is 5.82 Å². The molecule has 0 bridgehead atoms. The molecule has 1 heterocycles. The number of nitrogens with one attached hydrogen (secondary N) is 2. The number of nitrogens with zero attached hydrogens (tertiary/aromatic N) is 2. The molecule has 3 rings (SSSR count). The van der Waals surface area contributed by atoms with Gasteiger partial charge < -0.3 is 15.7 Å². The average Bonchev–Trinajstić information content (AvgIpc) is 2.68. The van der Waals surface area contributed by atoms with Crippen molar-refractivity contribution in [1.29, 1.82) is 0 Å². The Morgan fingerprint density at radius 1 is 1.08 bits per heavy atom. The van der Waals surface area contributed by atoms with E-state index < -0.39 is 0 Å². The smallest absolute Gasteiger partial charge is 0.276 e. The molecule has 1 saturated carbocycles. The Kier molecular flexibility index (Phi) is 6.55. The number of aromatic nitrogens is 2. The molecule has 6 nitrogen and oxygen atoms in total. The van der Waals surface area contributed by atoms with E-state index in [0.717, 1.165) is 44.3 Å². The Balaban J connectivity index is 1.42. The molecule has 2 aromatic rings. The van der Waals surface area contributed by atoms with Crippen molar-refractivity contribution >= 4 is 17.4 Å². The summed E-state index contributed by atoms with van der Waals surface area (Å²) in [4.78, 5) is 12.1. The standard InChI is InChI=1S/C20H26N4O2/c25-18-11-5-4-7-15(18)8-6-14-21-19-13-12-17(23-24-19)20(26)22-16-9-2-1-3-10-16/h1-3,9-10,12-13,15,18,25H,4-8,11,14H2,(H,21,24)(H,22,26). The molecular weight excluding hydrogens is 328 g/mol. The van der Waals surface area contributed by atoms with Crippen molar-refractivity contribution in [2.45, 2.75) is 44.6 Å². The Morgan fingerprint density at radius 3 is 2.62 bits per heavy atom. The predicted molar refractivity (Wildman–Crippen MR) is 102 cm³/mol. The van der Waals surface area contributed by atoms with Crippen LogP contribution in [-0.2, 0) is 0 Å². The summed E-state index contributed by atoms with van der Waals surface area (Å²) in [6.07, 6.45) is 6.33. The Hall–Kier alpha value is -2.47. The summed E-state index contributed by atoms with van der Waals surface area (Å²) in [5, 5.41) is 24.1. The van der Waals surface area contributed by atoms with Crippen molar-refractivity contribution in [3.63, 3.8) is 0 Å². The lowest BCUT2D eigenvalue weighted by atomic mass is 9.83. The summed E-state index contributed by atoms with van der Waals surface area (Å²) in [6, 6.07) is 12.7. The van der Waals surface area contributed by atoms with Crippen LogP contribution in [0.25, 0.3) is 0 Å². The molecule has 0 spiro atoms. The summed E-state index contributed by atoms with van der Waals surface area (Å²) in [6.45, 7) is 0.785. The minimum atomic E-state index is -0.276. The third-order valence-corrected chi connectivity index (χ3v) is 4.86. The number of amides is 1. The van der Waals surface area contributed by atoms with Crippen LogP contribution in [0.5, 0.6) is 0 Å². The van der Waals surface area contributed by atoms with Gasteiger partial charge in [0, 0.05) is 12.2 Å². The van der Waals surface area contributed by atoms with Gasteiger partial charge in [-0.25, -0.2) is 0 Å². The Labute approximate surface area is 154 Å². The van der Waals surface area contributed by atoms with E-state index in [2.05, 4.69) is 20.8 Å². The zero-order valence-corrected chi connectivity index (χ0v) is 14.9. The first-order valence-electron chi connectivity index (χ1n) is 9.34. The van der Waals surface area contributed by atoms with Crippen molar-refractivity contribution < 1.29 is 9.90 Å². The Bertz CT molecular complexity index is 691. The van der Waals surface area contributed by atoms with Crippen LogP contribution < -0.4 is 10.6 Å². The van der Waals surface area contributed by atoms with Gasteiger partial charge in [-0.05, 0) is 55.9 Å². The largest absolute Gasteiger partial charge is 0.393 e. The fourth-order valence-electron chi connectivity index (χ4n) is 3.37. The monoisotopic (exact) mass is 354 g/mol. The molecule has 6 heteroatoms. The maximum atomic E-state index is 12.1. The SMILES string of the molecule is O=C(Nc1ccccc1)c1ccc(NCCCC2CCCCC2O)nn1. The summed E-state index contributed by atoms with van der Waals surface area (Å²) < 4.78 is 0. The molecule has 0 radical (unpaired) electrons. The maximum Gasteiger partial charge on any atom is 0.276 e. The van der Waals surface area contributed by atoms with Crippen molar-refractivity contribution in [2.75, 3.05) is 17.2 Å². The number of rotatable bonds is 7. The van der Waals surface area contributed by atoms with Gasteiger partial charge in [0.15, 0.2) is 5.69 Å². The minimum absolute atomic E-state index is 0.133. The van der Waals surface area contributed by atoms with Crippen LogP contribution in [0.15, 0.2) is 42.5 Å². The molecule has 1 aliphatic rings. The quantitative estimate of drug-likeness (QED) is 0.663. The van der Waals surface area contributed by atoms with Gasteiger partial charge in [-0.15, -0.1) is 10.2 Å². The van der Waals surface area contributed by atoms with Crippen LogP contribution in [0.1, 0.15) is 49.0 Å². The summed E-state index contributed by atoms with van der Waals surface area (Å²) >= 11 is 0. The number of aliphatic hydroxyl groups is 1. The molecule has 1 aromatic heterocycles. The van der Waals surface area contributed by atoms with Gasteiger partial charge >= 0.3 is 0 Å². The van der Waals surface area contributed by atoms with Crippen LogP contribution in [0, 0.1) is 5.92 Å². The van der Waals surface area contributed by atoms with Gasteiger partial charge in [-0.2, -0.15) is 0 Å². The molecule has 0 aliphatic heterocycles. The molecular formula is C20H26N4O2. The highest BCUT2D eigenvalue weighted by Gasteiger charge is 2.22. The first-order chi connectivity index (χ1) is 12.7. The average molecular weight is 354 g/mol. The number of anilines is 2. The number of para-hydroxylation sites is 1. The molecule has 2 unspecified atom stereocenters. The second-order valence-electron chi connectivity index (χ2n) is 6.80. The van der Waals surface area contributed by atoms with Gasteiger partial charge in [-0.3, -0.25) is 4.79 Å². The fraction of sp³-hybridized carbons (Fsp3) is 0.450. The first kappa shape index (κ1) is 18.3. The van der Waals surface area contributed by atoms with E-state index in [4.69, 9.17) is 0 Å². The lowest BCUT2D eigenvalue weighted by Gasteiger charge is -2.27. The van der Waals surface area contributed by atoms with E-state index in [-0.39, 0.29) is 17.7 Å². The maximum absolute atomic E-state index is 12.1. The molecule has 0 saturated heterocycles. The number of aliphatic hydroxyl groups excluding tert-OH is 1. The van der Waals surface area contributed by atoms with Gasteiger partial charge in [0.05, 0.1) is 6.10 Å². The van der Waals surface area contributed by atoms with Crippen molar-refractivity contribution in [3.05, 3.63) is 48.2 Å². The van der Waals surface area contributed by atoms with Crippen molar-refractivity contribution in [3.8, 4) is 0 Å². The van der Waals surface area contributed by atoms with Crippen LogP contribution in [-0.4, -0.2) is 33.9 Å². The number of hydrogen-bond donors (Lipinski definition) is 3. The molecule has 1 amide bonds. The third-order valence-electron chi connectivity index (χ3n) is 4.86. The van der Waals surface area contributed by atoms with E-state index in [0.29, 0.717) is 11.7 Å². The fourth-order valence-corrected chi connectivity index (χ4v) is 3.37.